The lowest BCUT2D eigenvalue weighted by Gasteiger charge is -2.19. The van der Waals surface area contributed by atoms with Crippen molar-refractivity contribution < 1.29 is 9.21 Å². The number of fused-ring (bicyclic) bond motifs is 2. The van der Waals surface area contributed by atoms with E-state index in [1.54, 1.807) is 0 Å². The third-order valence-electron chi connectivity index (χ3n) is 4.77. The number of hydrogen-bond acceptors (Lipinski definition) is 5. The fourth-order valence-electron chi connectivity index (χ4n) is 3.35. The summed E-state index contributed by atoms with van der Waals surface area (Å²) in [6, 6.07) is 14.1. The molecular formula is C22H16N4O2. The molecule has 1 aliphatic heterocycles. The second-order valence-corrected chi connectivity index (χ2v) is 6.76. The highest BCUT2D eigenvalue weighted by molar-refractivity contribution is 5.91. The molecule has 1 aliphatic carbocycles. The van der Waals surface area contributed by atoms with Crippen LogP contribution in [-0.4, -0.2) is 10.9 Å². The second-order valence-electron chi connectivity index (χ2n) is 6.76. The summed E-state index contributed by atoms with van der Waals surface area (Å²) >= 11 is 0. The number of rotatable bonds is 3. The highest BCUT2D eigenvalue weighted by atomic mass is 16.4. The van der Waals surface area contributed by atoms with Gasteiger partial charge in [-0.1, -0.05) is 42.5 Å². The maximum atomic E-state index is 12.0. The van der Waals surface area contributed by atoms with Crippen LogP contribution in [0.2, 0.25) is 0 Å². The number of azo groups is 1. The number of nitrogens with zero attached hydrogens (tertiary/aromatic N) is 3. The Morgan fingerprint density at radius 3 is 2.75 bits per heavy atom. The van der Waals surface area contributed by atoms with E-state index in [0.717, 1.165) is 33.5 Å². The highest BCUT2D eigenvalue weighted by Crippen LogP contribution is 2.34. The number of carbonyl (C=O) groups excluding carboxylic acids is 1. The minimum Gasteiger partial charge on any atom is -0.423 e. The molecule has 0 saturated heterocycles. The molecular weight excluding hydrogens is 352 g/mol. The molecule has 2 heterocycles. The maximum absolute atomic E-state index is 12.0. The number of allylic oxidation sites excluding steroid dienone is 3. The smallest absolute Gasteiger partial charge is 0.300 e. The van der Waals surface area contributed by atoms with Crippen molar-refractivity contribution in [3.63, 3.8) is 0 Å². The Bertz CT molecular complexity index is 1210. The SMILES string of the molecule is Cc1ccc2oc(Nc3ccc(C4=C5C=CC=CC5C(=O)N=N4)cc3)nc2c1. The van der Waals surface area contributed by atoms with Gasteiger partial charge in [0.2, 0.25) is 0 Å². The number of nitrogens with one attached hydrogen (secondary N) is 1. The van der Waals surface area contributed by atoms with Crippen molar-refractivity contribution in [2.24, 2.45) is 16.1 Å². The van der Waals surface area contributed by atoms with E-state index < -0.39 is 0 Å². The zero-order chi connectivity index (χ0) is 19.1. The largest absolute Gasteiger partial charge is 0.423 e. The van der Waals surface area contributed by atoms with Crippen LogP contribution >= 0.6 is 0 Å². The number of benzene rings is 2. The molecule has 28 heavy (non-hydrogen) atoms. The normalized spacial score (nSPS) is 18.0. The summed E-state index contributed by atoms with van der Waals surface area (Å²) in [7, 11) is 0. The first kappa shape index (κ1) is 16.4. The molecule has 0 spiro atoms. The number of aryl methyl sites for hydroxylation is 1. The Morgan fingerprint density at radius 1 is 1.04 bits per heavy atom. The molecule has 2 aromatic carbocycles. The van der Waals surface area contributed by atoms with E-state index in [1.807, 2.05) is 73.7 Å². The van der Waals surface area contributed by atoms with E-state index in [4.69, 9.17) is 4.42 Å². The predicted molar refractivity (Wildman–Crippen MR) is 107 cm³/mol. The van der Waals surface area contributed by atoms with Gasteiger partial charge in [-0.2, -0.15) is 4.98 Å². The van der Waals surface area contributed by atoms with Crippen LogP contribution in [0, 0.1) is 12.8 Å². The number of hydrogen-bond donors (Lipinski definition) is 1. The van der Waals surface area contributed by atoms with Crippen LogP contribution < -0.4 is 5.32 Å². The lowest BCUT2D eigenvalue weighted by Crippen LogP contribution is -2.17. The molecule has 136 valence electrons. The van der Waals surface area contributed by atoms with E-state index in [9.17, 15) is 4.79 Å². The topological polar surface area (TPSA) is 79.9 Å². The lowest BCUT2D eigenvalue weighted by atomic mass is 9.89. The zero-order valence-corrected chi connectivity index (χ0v) is 15.1. The summed E-state index contributed by atoms with van der Waals surface area (Å²) in [5.74, 6) is -0.581. The van der Waals surface area contributed by atoms with Crippen molar-refractivity contribution in [1.82, 2.24) is 4.98 Å². The van der Waals surface area contributed by atoms with Crippen LogP contribution in [0.4, 0.5) is 11.7 Å². The van der Waals surface area contributed by atoms with Crippen molar-refractivity contribution in [3.05, 3.63) is 83.5 Å². The number of oxazole rings is 1. The fraction of sp³-hybridized carbons (Fsp3) is 0.0909. The fourth-order valence-corrected chi connectivity index (χ4v) is 3.35. The quantitative estimate of drug-likeness (QED) is 0.678. The Kier molecular flexibility index (Phi) is 3.76. The molecule has 3 aromatic rings. The standard InChI is InChI=1S/C22H16N4O2/c1-13-6-11-19-18(12-13)24-22(28-19)23-15-9-7-14(8-10-15)20-16-4-2-3-5-17(16)21(27)26-25-20/h2-12,17H,1H3,(H,23,24). The van der Waals surface area contributed by atoms with Gasteiger partial charge in [0.1, 0.15) is 5.52 Å². The Labute approximate surface area is 161 Å². The third kappa shape index (κ3) is 2.85. The van der Waals surface area contributed by atoms with Crippen molar-refractivity contribution >= 4 is 34.4 Å². The Hall–Kier alpha value is -3.80. The molecule has 0 bridgehead atoms. The molecule has 1 atom stereocenters. The van der Waals surface area contributed by atoms with E-state index >= 15 is 0 Å². The van der Waals surface area contributed by atoms with Crippen molar-refractivity contribution in [2.45, 2.75) is 6.92 Å². The monoisotopic (exact) mass is 368 g/mol. The van der Waals surface area contributed by atoms with Crippen molar-refractivity contribution in [3.8, 4) is 0 Å². The first-order valence-corrected chi connectivity index (χ1v) is 8.97. The zero-order valence-electron chi connectivity index (χ0n) is 15.1. The minimum atomic E-state index is -0.349. The Balaban J connectivity index is 1.42. The van der Waals surface area contributed by atoms with Gasteiger partial charge in [0.05, 0.1) is 11.6 Å². The average Bonchev–Trinajstić information content (AvgIpc) is 3.11. The molecule has 5 rings (SSSR count). The predicted octanol–water partition coefficient (Wildman–Crippen LogP) is 5.33. The summed E-state index contributed by atoms with van der Waals surface area (Å²) in [6.07, 6.45) is 7.54. The van der Waals surface area contributed by atoms with E-state index in [-0.39, 0.29) is 11.8 Å². The number of amides is 1. The molecule has 1 N–H and O–H groups in total. The maximum Gasteiger partial charge on any atom is 0.300 e. The summed E-state index contributed by atoms with van der Waals surface area (Å²) in [4.78, 5) is 16.4. The highest BCUT2D eigenvalue weighted by Gasteiger charge is 2.27. The van der Waals surface area contributed by atoms with Gasteiger partial charge in [-0.3, -0.25) is 4.79 Å². The molecule has 1 amide bonds. The molecule has 0 fully saturated rings. The molecule has 6 heteroatoms. The first-order chi connectivity index (χ1) is 13.7. The number of carbonyl (C=O) groups is 1. The summed E-state index contributed by atoms with van der Waals surface area (Å²) in [6.45, 7) is 2.02. The van der Waals surface area contributed by atoms with Crippen LogP contribution in [0.1, 0.15) is 11.1 Å². The number of anilines is 2. The van der Waals surface area contributed by atoms with Gasteiger partial charge in [0, 0.05) is 11.3 Å². The lowest BCUT2D eigenvalue weighted by molar-refractivity contribution is -0.119. The van der Waals surface area contributed by atoms with Gasteiger partial charge in [-0.15, -0.1) is 10.2 Å². The molecule has 6 nitrogen and oxygen atoms in total. The van der Waals surface area contributed by atoms with Gasteiger partial charge in [0.15, 0.2) is 5.58 Å². The summed E-state index contributed by atoms with van der Waals surface area (Å²) < 4.78 is 5.74. The van der Waals surface area contributed by atoms with Crippen LogP contribution in [0.15, 0.2) is 87.0 Å². The van der Waals surface area contributed by atoms with E-state index in [2.05, 4.69) is 20.5 Å². The van der Waals surface area contributed by atoms with Crippen LogP contribution in [0.5, 0.6) is 0 Å². The van der Waals surface area contributed by atoms with Crippen molar-refractivity contribution in [2.75, 3.05) is 5.32 Å². The van der Waals surface area contributed by atoms with Crippen LogP contribution in [-0.2, 0) is 4.79 Å². The minimum absolute atomic E-state index is 0.233. The molecule has 0 radical (unpaired) electrons. The van der Waals surface area contributed by atoms with Crippen LogP contribution in [0.3, 0.4) is 0 Å². The Morgan fingerprint density at radius 2 is 1.89 bits per heavy atom. The van der Waals surface area contributed by atoms with Crippen molar-refractivity contribution in [1.29, 1.82) is 0 Å². The van der Waals surface area contributed by atoms with Gasteiger partial charge >= 0.3 is 0 Å². The van der Waals surface area contributed by atoms with E-state index in [0.29, 0.717) is 11.7 Å². The van der Waals surface area contributed by atoms with Crippen LogP contribution in [0.25, 0.3) is 16.8 Å². The molecule has 1 aromatic heterocycles. The summed E-state index contributed by atoms with van der Waals surface area (Å²) in [5, 5.41) is 11.1. The van der Waals surface area contributed by atoms with Gasteiger partial charge < -0.3 is 9.73 Å². The average molecular weight is 368 g/mol. The molecule has 0 saturated carbocycles. The van der Waals surface area contributed by atoms with Gasteiger partial charge in [-0.25, -0.2) is 0 Å². The summed E-state index contributed by atoms with van der Waals surface area (Å²) in [5.41, 5.74) is 6.03. The first-order valence-electron chi connectivity index (χ1n) is 8.97. The van der Waals surface area contributed by atoms with Gasteiger partial charge in [0.25, 0.3) is 11.9 Å². The second kappa shape index (κ2) is 6.42. The third-order valence-corrected chi connectivity index (χ3v) is 4.77. The number of aromatic nitrogens is 1. The molecule has 2 aliphatic rings. The van der Waals surface area contributed by atoms with E-state index in [1.165, 1.54) is 0 Å². The van der Waals surface area contributed by atoms with Gasteiger partial charge in [-0.05, 0) is 42.3 Å². The molecule has 1 unspecified atom stereocenters.